The van der Waals surface area contributed by atoms with Gasteiger partial charge in [0.15, 0.2) is 0 Å². The normalized spacial score (nSPS) is 20.9. The Balaban J connectivity index is 2.42. The van der Waals surface area contributed by atoms with Gasteiger partial charge in [0.25, 0.3) is 0 Å². The summed E-state index contributed by atoms with van der Waals surface area (Å²) in [5, 5.41) is 9.41. The number of aliphatic carboxylic acids is 1. The molecular weight excluding hydrogens is 258 g/mol. The third-order valence-electron chi connectivity index (χ3n) is 3.38. The van der Waals surface area contributed by atoms with E-state index in [0.29, 0.717) is 12.1 Å². The van der Waals surface area contributed by atoms with Crippen molar-refractivity contribution >= 4 is 17.7 Å². The number of carboxylic acids is 1. The van der Waals surface area contributed by atoms with Crippen molar-refractivity contribution in [3.05, 3.63) is 42.5 Å². The van der Waals surface area contributed by atoms with Crippen LogP contribution in [0, 0.1) is 5.92 Å². The van der Waals surface area contributed by atoms with Gasteiger partial charge in [0.1, 0.15) is 12.6 Å². The maximum Gasteiger partial charge on any atom is 0.415 e. The number of para-hydroxylation sites is 1. The fourth-order valence-corrected chi connectivity index (χ4v) is 2.55. The molecule has 20 heavy (non-hydrogen) atoms. The molecule has 0 aromatic heterocycles. The number of rotatable bonds is 3. The molecule has 1 heterocycles. The molecule has 1 aliphatic rings. The molecule has 1 aromatic carbocycles. The first kappa shape index (κ1) is 14.1. The summed E-state index contributed by atoms with van der Waals surface area (Å²) < 4.78 is 5.02. The summed E-state index contributed by atoms with van der Waals surface area (Å²) in [5.41, 5.74) is 1.56. The van der Waals surface area contributed by atoms with Crippen molar-refractivity contribution in [2.45, 2.75) is 19.4 Å². The zero-order valence-electron chi connectivity index (χ0n) is 11.3. The van der Waals surface area contributed by atoms with E-state index in [4.69, 9.17) is 4.74 Å². The Morgan fingerprint density at radius 3 is 2.85 bits per heavy atom. The number of benzene rings is 1. The molecule has 2 atom stereocenters. The number of carbonyl (C=O) groups is 2. The molecule has 5 heteroatoms. The number of hydrogen-bond acceptors (Lipinski definition) is 3. The Kier molecular flexibility index (Phi) is 4.08. The minimum Gasteiger partial charge on any atom is -0.480 e. The molecule has 0 bridgehead atoms. The van der Waals surface area contributed by atoms with Crippen molar-refractivity contribution in [3.63, 3.8) is 0 Å². The molecule has 0 saturated carbocycles. The molecule has 0 saturated heterocycles. The van der Waals surface area contributed by atoms with E-state index in [9.17, 15) is 14.7 Å². The third-order valence-corrected chi connectivity index (χ3v) is 3.38. The topological polar surface area (TPSA) is 66.8 Å². The smallest absolute Gasteiger partial charge is 0.415 e. The molecule has 1 N–H and O–H groups in total. The summed E-state index contributed by atoms with van der Waals surface area (Å²) in [5.74, 6) is -1.21. The molecule has 1 aliphatic heterocycles. The lowest BCUT2D eigenvalue weighted by Crippen LogP contribution is -2.52. The predicted octanol–water partition coefficient (Wildman–Crippen LogP) is 2.46. The van der Waals surface area contributed by atoms with Gasteiger partial charge < -0.3 is 9.84 Å². The van der Waals surface area contributed by atoms with E-state index in [-0.39, 0.29) is 12.5 Å². The summed E-state index contributed by atoms with van der Waals surface area (Å²) in [7, 11) is 0. The highest BCUT2D eigenvalue weighted by molar-refractivity contribution is 5.97. The van der Waals surface area contributed by atoms with E-state index in [0.717, 1.165) is 5.56 Å². The maximum atomic E-state index is 12.2. The van der Waals surface area contributed by atoms with Crippen LogP contribution in [0.4, 0.5) is 10.5 Å². The van der Waals surface area contributed by atoms with Crippen LogP contribution in [0.3, 0.4) is 0 Å². The van der Waals surface area contributed by atoms with Gasteiger partial charge in [-0.25, -0.2) is 9.59 Å². The minimum absolute atomic E-state index is 0.0538. The van der Waals surface area contributed by atoms with Gasteiger partial charge in [-0.1, -0.05) is 37.8 Å². The van der Waals surface area contributed by atoms with Crippen LogP contribution in [-0.2, 0) is 16.0 Å². The lowest BCUT2D eigenvalue weighted by molar-refractivity contribution is -0.139. The van der Waals surface area contributed by atoms with Crippen LogP contribution in [-0.4, -0.2) is 29.8 Å². The lowest BCUT2D eigenvalue weighted by atomic mass is 9.87. The Morgan fingerprint density at radius 1 is 1.50 bits per heavy atom. The highest BCUT2D eigenvalue weighted by Gasteiger charge is 2.40. The molecule has 0 aliphatic carbocycles. The molecule has 0 unspecified atom stereocenters. The van der Waals surface area contributed by atoms with Gasteiger partial charge in [-0.3, -0.25) is 4.90 Å². The average molecular weight is 275 g/mol. The second-order valence-corrected chi connectivity index (χ2v) is 4.83. The largest absolute Gasteiger partial charge is 0.480 e. The van der Waals surface area contributed by atoms with Crippen LogP contribution in [0.1, 0.15) is 12.5 Å². The number of carboxylic acid groups (broad SMARTS) is 1. The van der Waals surface area contributed by atoms with Gasteiger partial charge in [-0.05, 0) is 24.0 Å². The molecular formula is C15H17NO4. The summed E-state index contributed by atoms with van der Waals surface area (Å²) in [4.78, 5) is 24.9. The highest BCUT2D eigenvalue weighted by atomic mass is 16.6. The summed E-state index contributed by atoms with van der Waals surface area (Å²) in [6.07, 6.45) is 1.42. The van der Waals surface area contributed by atoms with Crippen LogP contribution in [0.2, 0.25) is 0 Å². The monoisotopic (exact) mass is 275 g/mol. The van der Waals surface area contributed by atoms with Gasteiger partial charge >= 0.3 is 12.1 Å². The maximum absolute atomic E-state index is 12.2. The lowest BCUT2D eigenvalue weighted by Gasteiger charge is -2.37. The quantitative estimate of drug-likeness (QED) is 0.860. The fraction of sp³-hybridized carbons (Fsp3) is 0.333. The van der Waals surface area contributed by atoms with E-state index >= 15 is 0 Å². The van der Waals surface area contributed by atoms with E-state index < -0.39 is 18.1 Å². The number of nitrogens with zero attached hydrogens (tertiary/aromatic N) is 1. The Bertz CT molecular complexity index is 540. The van der Waals surface area contributed by atoms with Crippen molar-refractivity contribution in [1.29, 1.82) is 0 Å². The number of anilines is 1. The number of carbonyl (C=O) groups excluding carboxylic acids is 1. The molecule has 106 valence electrons. The van der Waals surface area contributed by atoms with Crippen molar-refractivity contribution in [1.82, 2.24) is 0 Å². The van der Waals surface area contributed by atoms with Gasteiger partial charge in [-0.2, -0.15) is 0 Å². The predicted molar refractivity (Wildman–Crippen MR) is 74.8 cm³/mol. The second kappa shape index (κ2) is 5.77. The zero-order chi connectivity index (χ0) is 14.7. The van der Waals surface area contributed by atoms with Crippen molar-refractivity contribution in [3.8, 4) is 0 Å². The van der Waals surface area contributed by atoms with Crippen LogP contribution >= 0.6 is 0 Å². The molecule has 0 fully saturated rings. The molecule has 5 nitrogen and oxygen atoms in total. The van der Waals surface area contributed by atoms with Crippen LogP contribution < -0.4 is 4.90 Å². The van der Waals surface area contributed by atoms with Crippen molar-refractivity contribution in [2.75, 3.05) is 11.5 Å². The molecule has 0 spiro atoms. The average Bonchev–Trinajstić information content (AvgIpc) is 2.42. The van der Waals surface area contributed by atoms with E-state index in [1.165, 1.54) is 11.0 Å². The number of fused-ring (bicyclic) bond motifs is 1. The summed E-state index contributed by atoms with van der Waals surface area (Å²) >= 11 is 0. The molecule has 2 rings (SSSR count). The minimum atomic E-state index is -1.03. The summed E-state index contributed by atoms with van der Waals surface area (Å²) in [6.45, 7) is 5.35. The van der Waals surface area contributed by atoms with E-state index in [1.807, 2.05) is 19.1 Å². The second-order valence-electron chi connectivity index (χ2n) is 4.83. The Labute approximate surface area is 117 Å². The summed E-state index contributed by atoms with van der Waals surface area (Å²) in [6, 6.07) is 6.38. The molecule has 1 amide bonds. The van der Waals surface area contributed by atoms with Crippen LogP contribution in [0.5, 0.6) is 0 Å². The first-order chi connectivity index (χ1) is 9.56. The van der Waals surface area contributed by atoms with Gasteiger partial charge in [0, 0.05) is 0 Å². The fourth-order valence-electron chi connectivity index (χ4n) is 2.55. The SMILES string of the molecule is C=CCOC(=O)N1c2ccccc2C[C@@H](C)[C@H]1C(=O)O. The first-order valence-electron chi connectivity index (χ1n) is 6.44. The van der Waals surface area contributed by atoms with E-state index in [2.05, 4.69) is 6.58 Å². The first-order valence-corrected chi connectivity index (χ1v) is 6.44. The van der Waals surface area contributed by atoms with Gasteiger partial charge in [0.2, 0.25) is 0 Å². The molecule has 1 aromatic rings. The van der Waals surface area contributed by atoms with Crippen LogP contribution in [0.15, 0.2) is 36.9 Å². The standard InChI is InChI=1S/C15H17NO4/c1-3-8-20-15(19)16-12-7-5-4-6-11(12)9-10(2)13(16)14(17)18/h3-7,10,13H,1,8-9H2,2H3,(H,17,18)/t10-,13+/m1/s1. The number of amides is 1. The Morgan fingerprint density at radius 2 is 2.20 bits per heavy atom. The number of hydrogen-bond donors (Lipinski definition) is 1. The highest BCUT2D eigenvalue weighted by Crippen LogP contribution is 2.34. The van der Waals surface area contributed by atoms with Crippen molar-refractivity contribution < 1.29 is 19.4 Å². The zero-order valence-corrected chi connectivity index (χ0v) is 11.3. The van der Waals surface area contributed by atoms with Crippen molar-refractivity contribution in [2.24, 2.45) is 5.92 Å². The third kappa shape index (κ3) is 2.52. The van der Waals surface area contributed by atoms with Crippen LogP contribution in [0.25, 0.3) is 0 Å². The Hall–Kier alpha value is -2.30. The number of ether oxygens (including phenoxy) is 1. The van der Waals surface area contributed by atoms with E-state index in [1.54, 1.807) is 12.1 Å². The molecule has 0 radical (unpaired) electrons. The van der Waals surface area contributed by atoms with Gasteiger partial charge in [0.05, 0.1) is 5.69 Å². The van der Waals surface area contributed by atoms with Gasteiger partial charge in [-0.15, -0.1) is 0 Å².